The molecule has 0 spiro atoms. The summed E-state index contributed by atoms with van der Waals surface area (Å²) in [4.78, 5) is 11.4. The van der Waals surface area contributed by atoms with Crippen LogP contribution in [0.1, 0.15) is 47.0 Å². The van der Waals surface area contributed by atoms with Gasteiger partial charge < -0.3 is 4.74 Å². The van der Waals surface area contributed by atoms with Crippen molar-refractivity contribution < 1.29 is 9.53 Å². The second kappa shape index (κ2) is 8.80. The molecule has 0 aliphatic carbocycles. The number of carbonyl (C=O) groups excluding carboxylic acids is 1. The summed E-state index contributed by atoms with van der Waals surface area (Å²) < 4.78 is 4.91. The molecule has 0 aromatic heterocycles. The molecule has 0 saturated carbocycles. The van der Waals surface area contributed by atoms with Crippen LogP contribution in [0.2, 0.25) is 0 Å². The maximum absolute atomic E-state index is 11.4. The Hall–Kier alpha value is -1.31. The van der Waals surface area contributed by atoms with Gasteiger partial charge in [0.15, 0.2) is 0 Å². The highest BCUT2D eigenvalue weighted by Crippen LogP contribution is 2.17. The van der Waals surface area contributed by atoms with Crippen LogP contribution in [0.4, 0.5) is 0 Å². The zero-order chi connectivity index (χ0) is 13.3. The average molecular weight is 236 g/mol. The quantitative estimate of drug-likeness (QED) is 0.376. The normalized spacial score (nSPS) is 10.9. The third-order valence-corrected chi connectivity index (χ3v) is 2.43. The fraction of sp³-hybridized carbons (Fsp3) is 0.533. The molecule has 0 amide bonds. The highest BCUT2D eigenvalue weighted by Gasteiger charge is 2.09. The number of hydrogen-bond acceptors (Lipinski definition) is 2. The summed E-state index contributed by atoms with van der Waals surface area (Å²) in [6, 6.07) is 0. The summed E-state index contributed by atoms with van der Waals surface area (Å²) in [6.07, 6.45) is 6.87. The van der Waals surface area contributed by atoms with Crippen molar-refractivity contribution in [3.8, 4) is 0 Å². The molecular weight excluding hydrogens is 212 g/mol. The minimum Gasteiger partial charge on any atom is -0.463 e. The minimum absolute atomic E-state index is 0.283. The van der Waals surface area contributed by atoms with Crippen molar-refractivity contribution in [2.24, 2.45) is 0 Å². The molecule has 17 heavy (non-hydrogen) atoms. The molecule has 0 rings (SSSR count). The first-order chi connectivity index (χ1) is 8.01. The number of allylic oxidation sites excluding steroid dienone is 4. The van der Waals surface area contributed by atoms with Gasteiger partial charge in [-0.1, -0.05) is 29.9 Å². The number of carbonyl (C=O) groups is 1. The molecule has 0 radical (unpaired) electrons. The Labute approximate surface area is 105 Å². The zero-order valence-corrected chi connectivity index (χ0v) is 11.5. The molecule has 0 heterocycles. The Balaban J connectivity index is 4.19. The van der Waals surface area contributed by atoms with Crippen LogP contribution in [0.15, 0.2) is 35.5 Å². The van der Waals surface area contributed by atoms with E-state index in [4.69, 9.17) is 4.74 Å². The second-order valence-corrected chi connectivity index (χ2v) is 4.27. The van der Waals surface area contributed by atoms with Gasteiger partial charge >= 0.3 is 5.97 Å². The van der Waals surface area contributed by atoms with Crippen LogP contribution in [-0.2, 0) is 9.53 Å². The molecule has 0 atom stereocenters. The Morgan fingerprint density at radius 1 is 1.35 bits per heavy atom. The molecule has 0 aliphatic rings. The van der Waals surface area contributed by atoms with Gasteiger partial charge in [-0.3, -0.25) is 0 Å². The summed E-state index contributed by atoms with van der Waals surface area (Å²) in [5, 5.41) is 0. The molecule has 0 aromatic carbocycles. The predicted octanol–water partition coefficient (Wildman–Crippen LogP) is 4.19. The van der Waals surface area contributed by atoms with Crippen molar-refractivity contribution in [2.45, 2.75) is 47.0 Å². The number of hydrogen-bond donors (Lipinski definition) is 0. The fourth-order valence-electron chi connectivity index (χ4n) is 1.46. The predicted molar refractivity (Wildman–Crippen MR) is 72.8 cm³/mol. The highest BCUT2D eigenvalue weighted by atomic mass is 16.5. The lowest BCUT2D eigenvalue weighted by molar-refractivity contribution is -0.138. The SMILES string of the molecule is C=C(C/C(=C\C)CCC=C(C)C)C(=O)OCC. The molecule has 0 aliphatic heterocycles. The van der Waals surface area contributed by atoms with Crippen molar-refractivity contribution in [1.29, 1.82) is 0 Å². The maximum atomic E-state index is 11.4. The van der Waals surface area contributed by atoms with Crippen LogP contribution in [0.3, 0.4) is 0 Å². The van der Waals surface area contributed by atoms with E-state index in [2.05, 4.69) is 32.6 Å². The van der Waals surface area contributed by atoms with Crippen molar-refractivity contribution >= 4 is 5.97 Å². The van der Waals surface area contributed by atoms with Crippen LogP contribution >= 0.6 is 0 Å². The first kappa shape index (κ1) is 15.7. The van der Waals surface area contributed by atoms with Crippen LogP contribution in [0.5, 0.6) is 0 Å². The van der Waals surface area contributed by atoms with E-state index in [0.717, 1.165) is 12.8 Å². The second-order valence-electron chi connectivity index (χ2n) is 4.27. The van der Waals surface area contributed by atoms with E-state index < -0.39 is 0 Å². The highest BCUT2D eigenvalue weighted by molar-refractivity contribution is 5.88. The van der Waals surface area contributed by atoms with E-state index in [9.17, 15) is 4.79 Å². The first-order valence-electron chi connectivity index (χ1n) is 6.13. The molecule has 0 aromatic rings. The summed E-state index contributed by atoms with van der Waals surface area (Å²) >= 11 is 0. The zero-order valence-electron chi connectivity index (χ0n) is 11.5. The Morgan fingerprint density at radius 3 is 2.47 bits per heavy atom. The minimum atomic E-state index is -0.283. The van der Waals surface area contributed by atoms with E-state index in [1.165, 1.54) is 11.1 Å². The molecule has 0 fully saturated rings. The summed E-state index contributed by atoms with van der Waals surface area (Å²) in [6.45, 7) is 12.2. The number of ether oxygens (including phenoxy) is 1. The molecular formula is C15H24O2. The lowest BCUT2D eigenvalue weighted by Crippen LogP contribution is -2.07. The third kappa shape index (κ3) is 7.56. The third-order valence-electron chi connectivity index (χ3n) is 2.43. The summed E-state index contributed by atoms with van der Waals surface area (Å²) in [5.74, 6) is -0.283. The first-order valence-corrected chi connectivity index (χ1v) is 6.13. The number of esters is 1. The smallest absolute Gasteiger partial charge is 0.333 e. The van der Waals surface area contributed by atoms with Crippen molar-refractivity contribution in [3.63, 3.8) is 0 Å². The maximum Gasteiger partial charge on any atom is 0.333 e. The van der Waals surface area contributed by atoms with Gasteiger partial charge in [-0.05, 0) is 47.0 Å². The van der Waals surface area contributed by atoms with E-state index in [-0.39, 0.29) is 5.97 Å². The van der Waals surface area contributed by atoms with Gasteiger partial charge in [0, 0.05) is 5.57 Å². The van der Waals surface area contributed by atoms with Gasteiger partial charge in [0.25, 0.3) is 0 Å². The van der Waals surface area contributed by atoms with Crippen LogP contribution in [0, 0.1) is 0 Å². The largest absolute Gasteiger partial charge is 0.463 e. The monoisotopic (exact) mass is 236 g/mol. The van der Waals surface area contributed by atoms with Gasteiger partial charge in [0.05, 0.1) is 6.61 Å². The molecule has 0 N–H and O–H groups in total. The summed E-state index contributed by atoms with van der Waals surface area (Å²) in [5.41, 5.74) is 3.10. The van der Waals surface area contributed by atoms with Crippen LogP contribution < -0.4 is 0 Å². The van der Waals surface area contributed by atoms with Gasteiger partial charge in [0.1, 0.15) is 0 Å². The van der Waals surface area contributed by atoms with Crippen LogP contribution in [-0.4, -0.2) is 12.6 Å². The van der Waals surface area contributed by atoms with Crippen LogP contribution in [0.25, 0.3) is 0 Å². The van der Waals surface area contributed by atoms with E-state index >= 15 is 0 Å². The molecule has 96 valence electrons. The Bertz CT molecular complexity index is 318. The van der Waals surface area contributed by atoms with E-state index in [0.29, 0.717) is 18.6 Å². The lowest BCUT2D eigenvalue weighted by atomic mass is 10.0. The molecule has 0 saturated heterocycles. The molecule has 0 unspecified atom stereocenters. The summed E-state index contributed by atoms with van der Waals surface area (Å²) in [7, 11) is 0. The molecule has 0 bridgehead atoms. The Kier molecular flexibility index (Phi) is 8.12. The standard InChI is InChI=1S/C15H24O2/c1-6-14(10-8-9-12(3)4)11-13(5)15(16)17-7-2/h6,9H,5,7-8,10-11H2,1-4H3/b14-6-. The molecule has 2 heteroatoms. The van der Waals surface area contributed by atoms with Gasteiger partial charge in [-0.2, -0.15) is 0 Å². The number of rotatable bonds is 7. The lowest BCUT2D eigenvalue weighted by Gasteiger charge is -2.08. The van der Waals surface area contributed by atoms with Gasteiger partial charge in [0.2, 0.25) is 0 Å². The van der Waals surface area contributed by atoms with Crippen molar-refractivity contribution in [1.82, 2.24) is 0 Å². The topological polar surface area (TPSA) is 26.3 Å². The molecule has 2 nitrogen and oxygen atoms in total. The van der Waals surface area contributed by atoms with E-state index in [1.807, 2.05) is 6.92 Å². The average Bonchev–Trinajstić information content (AvgIpc) is 2.27. The van der Waals surface area contributed by atoms with Crippen molar-refractivity contribution in [2.75, 3.05) is 6.61 Å². The van der Waals surface area contributed by atoms with Gasteiger partial charge in [-0.25, -0.2) is 4.79 Å². The van der Waals surface area contributed by atoms with Crippen molar-refractivity contribution in [3.05, 3.63) is 35.5 Å². The van der Waals surface area contributed by atoms with Gasteiger partial charge in [-0.15, -0.1) is 0 Å². The fourth-order valence-corrected chi connectivity index (χ4v) is 1.46. The Morgan fingerprint density at radius 2 is 2.00 bits per heavy atom. The van der Waals surface area contributed by atoms with E-state index in [1.54, 1.807) is 6.92 Å².